The highest BCUT2D eigenvalue weighted by Crippen LogP contribution is 2.39. The minimum Gasteiger partial charge on any atom is -0.490 e. The van der Waals surface area contributed by atoms with Gasteiger partial charge in [-0.3, -0.25) is 4.79 Å². The molecule has 2 aromatic rings. The van der Waals surface area contributed by atoms with Gasteiger partial charge in [0.05, 0.1) is 26.0 Å². The van der Waals surface area contributed by atoms with Crippen LogP contribution in [0.3, 0.4) is 0 Å². The highest BCUT2D eigenvalue weighted by molar-refractivity contribution is 5.96. The summed E-state index contributed by atoms with van der Waals surface area (Å²) < 4.78 is 16.9. The number of rotatable bonds is 9. The first kappa shape index (κ1) is 20.3. The van der Waals surface area contributed by atoms with Crippen molar-refractivity contribution in [3.63, 3.8) is 0 Å². The van der Waals surface area contributed by atoms with Crippen LogP contribution >= 0.6 is 0 Å². The van der Waals surface area contributed by atoms with Gasteiger partial charge >= 0.3 is 0 Å². The molecule has 0 heterocycles. The minimum atomic E-state index is -0.358. The van der Waals surface area contributed by atoms with Crippen molar-refractivity contribution in [3.05, 3.63) is 53.1 Å². The lowest BCUT2D eigenvalue weighted by Crippen LogP contribution is -2.18. The van der Waals surface area contributed by atoms with Crippen molar-refractivity contribution in [1.29, 1.82) is 0 Å². The summed E-state index contributed by atoms with van der Waals surface area (Å²) in [6.45, 7) is 8.99. The topological polar surface area (TPSA) is 69.2 Å². The van der Waals surface area contributed by atoms with E-state index < -0.39 is 0 Å². The average Bonchev–Trinajstić information content (AvgIpc) is 2.66. The number of carbonyl (C=O) groups is 1. The molecule has 0 fully saturated rings. The van der Waals surface area contributed by atoms with Crippen LogP contribution in [0, 0.1) is 6.92 Å². The van der Waals surface area contributed by atoms with Crippen LogP contribution in [-0.4, -0.2) is 31.9 Å². The summed E-state index contributed by atoms with van der Waals surface area (Å²) in [4.78, 5) is 12.5. The first-order valence-electron chi connectivity index (χ1n) is 9.05. The molecule has 6 heteroatoms. The number of hydrazone groups is 1. The summed E-state index contributed by atoms with van der Waals surface area (Å²) >= 11 is 0. The average molecular weight is 370 g/mol. The maximum atomic E-state index is 12.5. The number of hydrogen-bond donors (Lipinski definition) is 1. The third-order valence-electron chi connectivity index (χ3n) is 3.63. The molecule has 0 saturated heterocycles. The zero-order valence-corrected chi connectivity index (χ0v) is 16.2. The predicted octanol–water partition coefficient (Wildman–Crippen LogP) is 3.96. The molecule has 2 aromatic carbocycles. The predicted molar refractivity (Wildman–Crippen MR) is 106 cm³/mol. The molecule has 6 nitrogen and oxygen atoms in total. The minimum absolute atomic E-state index is 0.358. The third kappa shape index (κ3) is 5.74. The maximum Gasteiger partial charge on any atom is 0.271 e. The molecule has 0 bridgehead atoms. The Kier molecular flexibility index (Phi) is 7.67. The first-order chi connectivity index (χ1) is 13.1. The van der Waals surface area contributed by atoms with Gasteiger partial charge in [-0.15, -0.1) is 0 Å². The molecule has 0 aliphatic rings. The van der Waals surface area contributed by atoms with E-state index in [1.54, 1.807) is 18.3 Å². The monoisotopic (exact) mass is 370 g/mol. The molecule has 0 aliphatic heterocycles. The van der Waals surface area contributed by atoms with Gasteiger partial charge in [-0.25, -0.2) is 5.43 Å². The molecular formula is C21H26N2O4. The van der Waals surface area contributed by atoms with Crippen LogP contribution in [0.4, 0.5) is 0 Å². The second kappa shape index (κ2) is 10.2. The van der Waals surface area contributed by atoms with Gasteiger partial charge in [0.1, 0.15) is 0 Å². The van der Waals surface area contributed by atoms with Crippen LogP contribution in [0.2, 0.25) is 0 Å². The van der Waals surface area contributed by atoms with Crippen molar-refractivity contribution >= 4 is 12.1 Å². The van der Waals surface area contributed by atoms with Crippen molar-refractivity contribution in [1.82, 2.24) is 5.43 Å². The Morgan fingerprint density at radius 1 is 0.963 bits per heavy atom. The van der Waals surface area contributed by atoms with Gasteiger partial charge in [0, 0.05) is 5.56 Å². The van der Waals surface area contributed by atoms with Crippen molar-refractivity contribution in [3.8, 4) is 17.2 Å². The van der Waals surface area contributed by atoms with Gasteiger partial charge in [0.25, 0.3) is 5.91 Å². The summed E-state index contributed by atoms with van der Waals surface area (Å²) in [6.07, 6.45) is 1.60. The normalized spacial score (nSPS) is 10.7. The molecule has 0 spiro atoms. The number of hydrogen-bond acceptors (Lipinski definition) is 5. The zero-order chi connectivity index (χ0) is 19.6. The lowest BCUT2D eigenvalue weighted by molar-refractivity contribution is 0.0954. The summed E-state index contributed by atoms with van der Waals surface area (Å²) in [5, 5.41) is 4.02. The van der Waals surface area contributed by atoms with E-state index in [9.17, 15) is 4.79 Å². The molecule has 0 radical (unpaired) electrons. The number of ether oxygens (including phenoxy) is 3. The van der Waals surface area contributed by atoms with E-state index in [2.05, 4.69) is 10.5 Å². The fraction of sp³-hybridized carbons (Fsp3) is 0.333. The molecule has 2 rings (SSSR count). The summed E-state index contributed by atoms with van der Waals surface area (Å²) in [5.41, 5.74) is 4.98. The van der Waals surface area contributed by atoms with E-state index in [1.807, 2.05) is 52.0 Å². The number of nitrogens with one attached hydrogen (secondary N) is 1. The highest BCUT2D eigenvalue weighted by atomic mass is 16.5. The summed E-state index contributed by atoms with van der Waals surface area (Å²) in [6, 6.07) is 11.1. The van der Waals surface area contributed by atoms with E-state index in [4.69, 9.17) is 14.2 Å². The zero-order valence-electron chi connectivity index (χ0n) is 16.2. The molecule has 27 heavy (non-hydrogen) atoms. The van der Waals surface area contributed by atoms with E-state index in [1.165, 1.54) is 0 Å². The van der Waals surface area contributed by atoms with E-state index in [0.29, 0.717) is 42.6 Å². The molecule has 0 atom stereocenters. The summed E-state index contributed by atoms with van der Waals surface area (Å²) in [5.74, 6) is 1.08. The molecule has 0 unspecified atom stereocenters. The quantitative estimate of drug-likeness (QED) is 0.536. The van der Waals surface area contributed by atoms with Gasteiger partial charge < -0.3 is 14.2 Å². The van der Waals surface area contributed by atoms with E-state index >= 15 is 0 Å². The van der Waals surface area contributed by atoms with E-state index in [-0.39, 0.29) is 5.91 Å². The maximum absolute atomic E-state index is 12.5. The fourth-order valence-electron chi connectivity index (χ4n) is 2.40. The van der Waals surface area contributed by atoms with Crippen LogP contribution in [0.15, 0.2) is 41.5 Å². The van der Waals surface area contributed by atoms with Crippen LogP contribution in [0.1, 0.15) is 42.3 Å². The Balaban J connectivity index is 2.21. The number of carbonyl (C=O) groups excluding carboxylic acids is 1. The summed E-state index contributed by atoms with van der Waals surface area (Å²) in [7, 11) is 0. The largest absolute Gasteiger partial charge is 0.490 e. The van der Waals surface area contributed by atoms with Gasteiger partial charge in [0.2, 0.25) is 5.75 Å². The van der Waals surface area contributed by atoms with Gasteiger partial charge in [0.15, 0.2) is 11.5 Å². The van der Waals surface area contributed by atoms with Crippen LogP contribution in [-0.2, 0) is 0 Å². The molecule has 0 aliphatic carbocycles. The molecule has 1 amide bonds. The molecule has 0 aromatic heterocycles. The standard InChI is InChI=1S/C21H26N2O4/c1-5-25-18-12-17(13-19(26-6-2)20(18)27-7-3)21(24)23-22-14-16-10-8-15(4)9-11-16/h8-14H,5-7H2,1-4H3,(H,23,24)/b22-14-. The Labute approximate surface area is 160 Å². The molecular weight excluding hydrogens is 344 g/mol. The van der Waals surface area contributed by atoms with Gasteiger partial charge in [-0.2, -0.15) is 5.10 Å². The molecule has 144 valence electrons. The van der Waals surface area contributed by atoms with Gasteiger partial charge in [-0.05, 0) is 45.4 Å². The second-order valence-corrected chi connectivity index (χ2v) is 5.71. The Morgan fingerprint density at radius 3 is 2.04 bits per heavy atom. The number of nitrogens with zero attached hydrogens (tertiary/aromatic N) is 1. The lowest BCUT2D eigenvalue weighted by Gasteiger charge is -2.16. The van der Waals surface area contributed by atoms with Crippen molar-refractivity contribution < 1.29 is 19.0 Å². The Hall–Kier alpha value is -3.02. The molecule has 0 saturated carbocycles. The van der Waals surface area contributed by atoms with Gasteiger partial charge in [-0.1, -0.05) is 29.8 Å². The molecule has 1 N–H and O–H groups in total. The number of benzene rings is 2. The van der Waals surface area contributed by atoms with Crippen LogP contribution in [0.25, 0.3) is 0 Å². The first-order valence-corrected chi connectivity index (χ1v) is 9.05. The number of aryl methyl sites for hydroxylation is 1. The van der Waals surface area contributed by atoms with Crippen molar-refractivity contribution in [2.45, 2.75) is 27.7 Å². The number of amides is 1. The van der Waals surface area contributed by atoms with E-state index in [0.717, 1.165) is 11.1 Å². The Morgan fingerprint density at radius 2 is 1.52 bits per heavy atom. The highest BCUT2D eigenvalue weighted by Gasteiger charge is 2.18. The van der Waals surface area contributed by atoms with Crippen LogP contribution in [0.5, 0.6) is 17.2 Å². The van der Waals surface area contributed by atoms with Crippen molar-refractivity contribution in [2.75, 3.05) is 19.8 Å². The van der Waals surface area contributed by atoms with Crippen LogP contribution < -0.4 is 19.6 Å². The fourth-order valence-corrected chi connectivity index (χ4v) is 2.40. The third-order valence-corrected chi connectivity index (χ3v) is 3.63. The lowest BCUT2D eigenvalue weighted by atomic mass is 10.1. The second-order valence-electron chi connectivity index (χ2n) is 5.71. The smallest absolute Gasteiger partial charge is 0.271 e. The van der Waals surface area contributed by atoms with Crippen molar-refractivity contribution in [2.24, 2.45) is 5.10 Å². The SMILES string of the molecule is CCOc1cc(C(=O)N/N=C\c2ccc(C)cc2)cc(OCC)c1OCC. The Bertz CT molecular complexity index is 758.